The van der Waals surface area contributed by atoms with Crippen LogP contribution < -0.4 is 10.6 Å². The lowest BCUT2D eigenvalue weighted by atomic mass is 9.95. The van der Waals surface area contributed by atoms with Crippen molar-refractivity contribution in [3.63, 3.8) is 0 Å². The molecule has 1 aliphatic heterocycles. The number of hydrogen-bond donors (Lipinski definition) is 2. The molecule has 0 aromatic rings. The van der Waals surface area contributed by atoms with Crippen molar-refractivity contribution in [3.05, 3.63) is 12.7 Å². The summed E-state index contributed by atoms with van der Waals surface area (Å²) in [6, 6.07) is -1.09. The summed E-state index contributed by atoms with van der Waals surface area (Å²) in [5.41, 5.74) is 0. The van der Waals surface area contributed by atoms with Crippen LogP contribution >= 0.6 is 0 Å². The monoisotopic (exact) mass is 400 g/mol. The topological polar surface area (TPSA) is 146 Å². The lowest BCUT2D eigenvalue weighted by molar-refractivity contribution is -0.227. The number of ether oxygens (including phenoxy) is 4. The lowest BCUT2D eigenvalue weighted by Gasteiger charge is -2.45. The first-order valence-electron chi connectivity index (χ1n) is 8.38. The molecule has 0 aromatic carbocycles. The zero-order chi connectivity index (χ0) is 21.4. The smallest absolute Gasteiger partial charge is 0.303 e. The van der Waals surface area contributed by atoms with E-state index in [-0.39, 0.29) is 6.61 Å². The lowest BCUT2D eigenvalue weighted by Crippen LogP contribution is -2.69. The second kappa shape index (κ2) is 10.4. The van der Waals surface area contributed by atoms with E-state index in [1.165, 1.54) is 13.8 Å². The van der Waals surface area contributed by atoms with Crippen molar-refractivity contribution in [2.24, 2.45) is 0 Å². The predicted octanol–water partition coefficient (Wildman–Crippen LogP) is -1.06. The molecule has 11 nitrogen and oxygen atoms in total. The Morgan fingerprint density at radius 1 is 0.929 bits per heavy atom. The number of esters is 3. The molecule has 0 bridgehead atoms. The summed E-state index contributed by atoms with van der Waals surface area (Å²) in [5.74, 6) is -3.19. The average molecular weight is 400 g/mol. The van der Waals surface area contributed by atoms with E-state index in [9.17, 15) is 24.0 Å². The Morgan fingerprint density at radius 3 is 1.96 bits per heavy atom. The van der Waals surface area contributed by atoms with E-state index in [1.54, 1.807) is 0 Å². The van der Waals surface area contributed by atoms with Gasteiger partial charge in [0.1, 0.15) is 18.8 Å². The fourth-order valence-electron chi connectivity index (χ4n) is 2.65. The Kier molecular flexibility index (Phi) is 8.58. The van der Waals surface area contributed by atoms with Gasteiger partial charge in [0.2, 0.25) is 11.8 Å². The molecule has 1 heterocycles. The van der Waals surface area contributed by atoms with Crippen molar-refractivity contribution in [2.75, 3.05) is 6.61 Å². The maximum atomic E-state index is 11.8. The maximum Gasteiger partial charge on any atom is 0.303 e. The van der Waals surface area contributed by atoms with Crippen LogP contribution in [0.1, 0.15) is 27.7 Å². The SMILES string of the molecule is C=CC(=O)N[C@@H]1O[C@H](COC(C)=O)[C@@H](OC(C)=O)[C@H](OC(C)=O)[C@H]1NC(C)=O. The first-order chi connectivity index (χ1) is 13.0. The summed E-state index contributed by atoms with van der Waals surface area (Å²) in [7, 11) is 0. The van der Waals surface area contributed by atoms with Crippen molar-refractivity contribution in [2.45, 2.75) is 58.3 Å². The average Bonchev–Trinajstić information content (AvgIpc) is 2.57. The standard InChI is InChI=1S/C17H24N2O9/c1-6-13(24)19-17-14(18-8(2)20)16(27-11(5)23)15(26-10(4)22)12(28-17)7-25-9(3)21/h6,12,14-17H,1,7H2,2-5H3,(H,18,20)(H,19,24)/t12-,14-,15-,16-,17-/m1/s1. The molecular weight excluding hydrogens is 376 g/mol. The number of rotatable bonds is 7. The molecule has 5 atom stereocenters. The molecule has 28 heavy (non-hydrogen) atoms. The highest BCUT2D eigenvalue weighted by atomic mass is 16.6. The molecule has 0 saturated carbocycles. The van der Waals surface area contributed by atoms with Crippen molar-refractivity contribution < 1.29 is 42.9 Å². The highest BCUT2D eigenvalue weighted by Gasteiger charge is 2.51. The molecule has 0 aliphatic carbocycles. The molecular formula is C17H24N2O9. The second-order valence-electron chi connectivity index (χ2n) is 5.98. The zero-order valence-corrected chi connectivity index (χ0v) is 16.1. The highest BCUT2D eigenvalue weighted by Crippen LogP contribution is 2.26. The van der Waals surface area contributed by atoms with Gasteiger partial charge in [-0.1, -0.05) is 6.58 Å². The van der Waals surface area contributed by atoms with Crippen LogP contribution in [-0.4, -0.2) is 66.9 Å². The predicted molar refractivity (Wildman–Crippen MR) is 92.3 cm³/mol. The number of nitrogens with one attached hydrogen (secondary N) is 2. The fourth-order valence-corrected chi connectivity index (χ4v) is 2.65. The minimum absolute atomic E-state index is 0.349. The quantitative estimate of drug-likeness (QED) is 0.310. The Hall–Kier alpha value is -2.95. The first-order valence-corrected chi connectivity index (χ1v) is 8.38. The number of amides is 2. The van der Waals surface area contributed by atoms with Crippen LogP contribution in [0.3, 0.4) is 0 Å². The van der Waals surface area contributed by atoms with Gasteiger partial charge < -0.3 is 29.6 Å². The van der Waals surface area contributed by atoms with E-state index in [0.717, 1.165) is 19.9 Å². The summed E-state index contributed by atoms with van der Waals surface area (Å²) >= 11 is 0. The van der Waals surface area contributed by atoms with Gasteiger partial charge in [-0.25, -0.2) is 0 Å². The van der Waals surface area contributed by atoms with Gasteiger partial charge in [-0.05, 0) is 6.08 Å². The van der Waals surface area contributed by atoms with Crippen LogP contribution in [0, 0.1) is 0 Å². The molecule has 1 aliphatic rings. The summed E-state index contributed by atoms with van der Waals surface area (Å²) in [5, 5.41) is 4.97. The normalized spacial score (nSPS) is 26.4. The van der Waals surface area contributed by atoms with Gasteiger partial charge in [0.25, 0.3) is 0 Å². The van der Waals surface area contributed by atoms with E-state index < -0.39 is 60.3 Å². The molecule has 1 fully saturated rings. The Balaban J connectivity index is 3.32. The minimum atomic E-state index is -1.23. The van der Waals surface area contributed by atoms with Gasteiger partial charge in [-0.15, -0.1) is 0 Å². The fraction of sp³-hybridized carbons (Fsp3) is 0.588. The maximum absolute atomic E-state index is 11.8. The third kappa shape index (κ3) is 6.99. The third-order valence-electron chi connectivity index (χ3n) is 3.59. The number of carbonyl (C=O) groups excluding carboxylic acids is 5. The van der Waals surface area contributed by atoms with Gasteiger partial charge in [-0.3, -0.25) is 24.0 Å². The summed E-state index contributed by atoms with van der Waals surface area (Å²) < 4.78 is 21.1. The molecule has 2 N–H and O–H groups in total. The molecule has 0 radical (unpaired) electrons. The van der Waals surface area contributed by atoms with Crippen LogP contribution in [0.2, 0.25) is 0 Å². The van der Waals surface area contributed by atoms with Crippen LogP contribution in [0.25, 0.3) is 0 Å². The van der Waals surface area contributed by atoms with Gasteiger partial charge in [0.05, 0.1) is 0 Å². The van der Waals surface area contributed by atoms with Gasteiger partial charge in [0, 0.05) is 27.7 Å². The second-order valence-corrected chi connectivity index (χ2v) is 5.98. The molecule has 156 valence electrons. The largest absolute Gasteiger partial charge is 0.463 e. The molecule has 1 saturated heterocycles. The Morgan fingerprint density at radius 2 is 1.50 bits per heavy atom. The summed E-state index contributed by atoms with van der Waals surface area (Å²) in [6.07, 6.45) is -3.73. The molecule has 0 spiro atoms. The van der Waals surface area contributed by atoms with Gasteiger partial charge in [-0.2, -0.15) is 0 Å². The number of hydrogen-bond acceptors (Lipinski definition) is 9. The van der Waals surface area contributed by atoms with E-state index in [2.05, 4.69) is 17.2 Å². The van der Waals surface area contributed by atoms with Crippen molar-refractivity contribution in [1.29, 1.82) is 0 Å². The molecule has 0 unspecified atom stereocenters. The first kappa shape index (κ1) is 23.1. The molecule has 2 amide bonds. The van der Waals surface area contributed by atoms with Crippen molar-refractivity contribution >= 4 is 29.7 Å². The highest BCUT2D eigenvalue weighted by molar-refractivity contribution is 5.87. The summed E-state index contributed by atoms with van der Waals surface area (Å²) in [4.78, 5) is 57.8. The van der Waals surface area contributed by atoms with Gasteiger partial charge >= 0.3 is 17.9 Å². The molecule has 1 rings (SSSR count). The third-order valence-corrected chi connectivity index (χ3v) is 3.59. The van der Waals surface area contributed by atoms with Crippen LogP contribution in [0.5, 0.6) is 0 Å². The summed E-state index contributed by atoms with van der Waals surface area (Å²) in [6.45, 7) is 7.63. The van der Waals surface area contributed by atoms with Crippen LogP contribution in [-0.2, 0) is 42.9 Å². The number of carbonyl (C=O) groups is 5. The van der Waals surface area contributed by atoms with Crippen molar-refractivity contribution in [3.8, 4) is 0 Å². The van der Waals surface area contributed by atoms with Crippen molar-refractivity contribution in [1.82, 2.24) is 10.6 Å². The van der Waals surface area contributed by atoms with E-state index in [1.807, 2.05) is 0 Å². The minimum Gasteiger partial charge on any atom is -0.463 e. The van der Waals surface area contributed by atoms with Gasteiger partial charge in [0.15, 0.2) is 18.4 Å². The van der Waals surface area contributed by atoms with E-state index in [0.29, 0.717) is 0 Å². The Labute approximate surface area is 161 Å². The Bertz CT molecular complexity index is 649. The van der Waals surface area contributed by atoms with Crippen LogP contribution in [0.15, 0.2) is 12.7 Å². The van der Waals surface area contributed by atoms with Crippen LogP contribution in [0.4, 0.5) is 0 Å². The van der Waals surface area contributed by atoms with E-state index >= 15 is 0 Å². The molecule has 0 aromatic heterocycles. The zero-order valence-electron chi connectivity index (χ0n) is 16.1. The van der Waals surface area contributed by atoms with E-state index in [4.69, 9.17) is 18.9 Å². The molecule has 11 heteroatoms.